The number of aryl methyl sites for hydroxylation is 3. The molecule has 0 aliphatic carbocycles. The molecule has 0 bridgehead atoms. The molecule has 2 rings (SSSR count). The van der Waals surface area contributed by atoms with E-state index < -0.39 is 0 Å². The van der Waals surface area contributed by atoms with E-state index in [-0.39, 0.29) is 0 Å². The average Bonchev–Trinajstić information content (AvgIpc) is 2.58. The quantitative estimate of drug-likeness (QED) is 0.678. The highest BCUT2D eigenvalue weighted by Gasteiger charge is 2.26. The number of piperidine rings is 1. The van der Waals surface area contributed by atoms with E-state index in [2.05, 4.69) is 63.0 Å². The molecule has 0 amide bonds. The Bertz CT molecular complexity index is 702. The summed E-state index contributed by atoms with van der Waals surface area (Å²) in [7, 11) is 2.00. The lowest BCUT2D eigenvalue weighted by atomic mass is 9.93. The summed E-state index contributed by atoms with van der Waals surface area (Å²) < 4.78 is 0. The summed E-state index contributed by atoms with van der Waals surface area (Å²) in [6.07, 6.45) is 7.58. The topological polar surface area (TPSA) is 39.1 Å². The second-order valence-corrected chi connectivity index (χ2v) is 7.34. The number of likely N-dealkylation sites (N-methyl/N-ethyl adjacent to an activating group) is 1. The summed E-state index contributed by atoms with van der Waals surface area (Å²) in [6.45, 7) is 11.8. The van der Waals surface area contributed by atoms with Gasteiger partial charge in [-0.25, -0.2) is 0 Å². The van der Waals surface area contributed by atoms with Gasteiger partial charge < -0.3 is 10.2 Å². The number of rotatable bonds is 6. The zero-order valence-corrected chi connectivity index (χ0v) is 17.4. The monoisotopic (exact) mass is 353 g/mol. The van der Waals surface area contributed by atoms with Crippen LogP contribution in [0.5, 0.6) is 0 Å². The van der Waals surface area contributed by atoms with Crippen molar-refractivity contribution in [2.45, 2.75) is 66.7 Å². The van der Waals surface area contributed by atoms with Crippen LogP contribution in [0.2, 0.25) is 0 Å². The molecule has 1 aliphatic rings. The van der Waals surface area contributed by atoms with Gasteiger partial charge in [-0.2, -0.15) is 0 Å². The van der Waals surface area contributed by atoms with E-state index in [1.54, 1.807) is 0 Å². The van der Waals surface area contributed by atoms with E-state index >= 15 is 0 Å². The first-order chi connectivity index (χ1) is 12.4. The summed E-state index contributed by atoms with van der Waals surface area (Å²) >= 11 is 0. The van der Waals surface area contributed by atoms with Crippen LogP contribution in [-0.4, -0.2) is 19.4 Å². The van der Waals surface area contributed by atoms with Gasteiger partial charge in [0.15, 0.2) is 0 Å². The molecular formula is C23H35N3. The van der Waals surface area contributed by atoms with Gasteiger partial charge in [0.05, 0.1) is 0 Å². The molecule has 1 heterocycles. The fourth-order valence-electron chi connectivity index (χ4n) is 4.22. The molecule has 0 saturated carbocycles. The Balaban J connectivity index is 2.50. The highest BCUT2D eigenvalue weighted by atomic mass is 15.2. The summed E-state index contributed by atoms with van der Waals surface area (Å²) in [5.74, 6) is 0.661. The lowest BCUT2D eigenvalue weighted by Crippen LogP contribution is -2.39. The summed E-state index contributed by atoms with van der Waals surface area (Å²) in [6, 6.07) is 4.46. The molecule has 1 saturated heterocycles. The molecular weight excluding hydrogens is 318 g/mol. The zero-order chi connectivity index (χ0) is 19.3. The summed E-state index contributed by atoms with van der Waals surface area (Å²) in [5, 5.41) is 12.4. The Morgan fingerprint density at radius 3 is 2.38 bits per heavy atom. The van der Waals surface area contributed by atoms with Crippen LogP contribution in [0.15, 0.2) is 35.1 Å². The van der Waals surface area contributed by atoms with Crippen molar-refractivity contribution in [2.24, 2.45) is 0 Å². The van der Waals surface area contributed by atoms with Gasteiger partial charge in [-0.3, -0.25) is 5.41 Å². The zero-order valence-electron chi connectivity index (χ0n) is 17.4. The van der Waals surface area contributed by atoms with Crippen LogP contribution in [0, 0.1) is 26.2 Å². The first kappa shape index (κ1) is 20.3. The van der Waals surface area contributed by atoms with E-state index in [0.717, 1.165) is 44.2 Å². The minimum Gasteiger partial charge on any atom is -0.388 e. The lowest BCUT2D eigenvalue weighted by molar-refractivity contribution is 0.758. The van der Waals surface area contributed by atoms with Crippen molar-refractivity contribution in [1.29, 1.82) is 5.41 Å². The molecule has 2 N–H and O–H groups in total. The highest BCUT2D eigenvalue weighted by molar-refractivity contribution is 6.10. The average molecular weight is 354 g/mol. The largest absolute Gasteiger partial charge is 0.388 e. The van der Waals surface area contributed by atoms with E-state index in [1.165, 1.54) is 33.6 Å². The molecule has 0 radical (unpaired) electrons. The Morgan fingerprint density at radius 2 is 1.85 bits per heavy atom. The molecule has 142 valence electrons. The van der Waals surface area contributed by atoms with Crippen LogP contribution in [0.25, 0.3) is 0 Å². The van der Waals surface area contributed by atoms with E-state index in [4.69, 9.17) is 5.41 Å². The highest BCUT2D eigenvalue weighted by Crippen LogP contribution is 2.33. The fraction of sp³-hybridized carbons (Fsp3) is 0.522. The number of benzene rings is 1. The Hall–Kier alpha value is -2.03. The maximum atomic E-state index is 8.98. The molecule has 3 nitrogen and oxygen atoms in total. The number of anilines is 1. The standard InChI is InChI=1S/C23H35N3/c1-7-10-19(11-8-2)21(25-6)20-12-9-13-26(23(20)24)22-17(4)14-16(3)15-18(22)5/h10,14-15,24-25H,7-9,11-13H2,1-6H3/b19-10+,21-20-,24-23?. The van der Waals surface area contributed by atoms with Gasteiger partial charge in [-0.05, 0) is 63.2 Å². The fourth-order valence-corrected chi connectivity index (χ4v) is 4.22. The van der Waals surface area contributed by atoms with Crippen LogP contribution >= 0.6 is 0 Å². The number of amidine groups is 1. The second-order valence-electron chi connectivity index (χ2n) is 7.34. The van der Waals surface area contributed by atoms with Crippen LogP contribution in [0.1, 0.15) is 62.6 Å². The predicted molar refractivity (Wildman–Crippen MR) is 114 cm³/mol. The van der Waals surface area contributed by atoms with Crippen molar-refractivity contribution in [1.82, 2.24) is 5.32 Å². The third-order valence-corrected chi connectivity index (χ3v) is 5.11. The van der Waals surface area contributed by atoms with Crippen LogP contribution in [-0.2, 0) is 0 Å². The van der Waals surface area contributed by atoms with Gasteiger partial charge in [-0.1, -0.05) is 44.0 Å². The smallest absolute Gasteiger partial charge is 0.130 e. The normalized spacial score (nSPS) is 17.5. The summed E-state index contributed by atoms with van der Waals surface area (Å²) in [5.41, 5.74) is 8.71. The molecule has 1 aliphatic heterocycles. The number of nitrogens with one attached hydrogen (secondary N) is 2. The molecule has 0 unspecified atom stereocenters. The van der Waals surface area contributed by atoms with E-state index in [0.29, 0.717) is 5.84 Å². The molecule has 0 aromatic heterocycles. The van der Waals surface area contributed by atoms with Crippen molar-refractivity contribution in [2.75, 3.05) is 18.5 Å². The minimum absolute atomic E-state index is 0.661. The van der Waals surface area contributed by atoms with Crippen LogP contribution < -0.4 is 10.2 Å². The number of allylic oxidation sites excluding steroid dienone is 2. The van der Waals surface area contributed by atoms with Crippen LogP contribution in [0.3, 0.4) is 0 Å². The molecule has 0 spiro atoms. The predicted octanol–water partition coefficient (Wildman–Crippen LogP) is 5.80. The molecule has 3 heteroatoms. The number of hydrogen-bond acceptors (Lipinski definition) is 2. The van der Waals surface area contributed by atoms with E-state index in [1.807, 2.05) is 7.05 Å². The molecule has 0 atom stereocenters. The van der Waals surface area contributed by atoms with Crippen molar-refractivity contribution in [3.8, 4) is 0 Å². The van der Waals surface area contributed by atoms with Crippen molar-refractivity contribution >= 4 is 11.5 Å². The minimum atomic E-state index is 0.661. The van der Waals surface area contributed by atoms with Crippen molar-refractivity contribution in [3.05, 3.63) is 51.7 Å². The van der Waals surface area contributed by atoms with E-state index in [9.17, 15) is 0 Å². The molecule has 26 heavy (non-hydrogen) atoms. The molecule has 1 aromatic rings. The van der Waals surface area contributed by atoms with Gasteiger partial charge >= 0.3 is 0 Å². The first-order valence-electron chi connectivity index (χ1n) is 9.99. The molecule has 1 aromatic carbocycles. The lowest BCUT2D eigenvalue weighted by Gasteiger charge is -2.35. The Labute approximate surface area is 159 Å². The molecule has 1 fully saturated rings. The first-order valence-corrected chi connectivity index (χ1v) is 9.99. The third-order valence-electron chi connectivity index (χ3n) is 5.11. The number of hydrogen-bond donors (Lipinski definition) is 2. The maximum Gasteiger partial charge on any atom is 0.130 e. The van der Waals surface area contributed by atoms with Gasteiger partial charge in [0.2, 0.25) is 0 Å². The van der Waals surface area contributed by atoms with Crippen LogP contribution in [0.4, 0.5) is 5.69 Å². The van der Waals surface area contributed by atoms with Gasteiger partial charge in [0.25, 0.3) is 0 Å². The number of nitrogens with zero attached hydrogens (tertiary/aromatic N) is 1. The van der Waals surface area contributed by atoms with Gasteiger partial charge in [0.1, 0.15) is 5.84 Å². The summed E-state index contributed by atoms with van der Waals surface area (Å²) in [4.78, 5) is 2.22. The van der Waals surface area contributed by atoms with Crippen molar-refractivity contribution < 1.29 is 0 Å². The SMILES string of the molecule is CC/C=C(CCC)/C(NC)=C1\CCCN(c2c(C)cc(C)cc2C)C1=N. The van der Waals surface area contributed by atoms with Gasteiger partial charge in [0, 0.05) is 30.5 Å². The van der Waals surface area contributed by atoms with Crippen molar-refractivity contribution in [3.63, 3.8) is 0 Å². The third kappa shape index (κ3) is 4.20. The Kier molecular flexibility index (Phi) is 7.07. The Morgan fingerprint density at radius 1 is 1.19 bits per heavy atom. The second kappa shape index (κ2) is 9.07. The van der Waals surface area contributed by atoms with Gasteiger partial charge in [-0.15, -0.1) is 0 Å². The maximum absolute atomic E-state index is 8.98.